The zero-order chi connectivity index (χ0) is 14.7. The van der Waals surface area contributed by atoms with Crippen LogP contribution < -0.4 is 4.74 Å². The first-order chi connectivity index (χ1) is 9.54. The minimum absolute atomic E-state index is 0.573. The van der Waals surface area contributed by atoms with Crippen LogP contribution in [0.1, 0.15) is 22.4 Å². The first-order valence-electron chi connectivity index (χ1n) is 6.26. The van der Waals surface area contributed by atoms with Crippen LogP contribution in [-0.4, -0.2) is 57.1 Å². The molecule has 1 atom stereocenters. The first-order valence-corrected chi connectivity index (χ1v) is 7.03. The van der Waals surface area contributed by atoms with Gasteiger partial charge in [-0.3, -0.25) is 4.68 Å². The number of likely N-dealkylation sites (N-methyl/N-ethyl adjacent to an activating group) is 1. The summed E-state index contributed by atoms with van der Waals surface area (Å²) in [5, 5.41) is 18.8. The van der Waals surface area contributed by atoms with Gasteiger partial charge in [-0.1, -0.05) is 4.49 Å². The maximum absolute atomic E-state index is 10.6. The summed E-state index contributed by atoms with van der Waals surface area (Å²) in [6.45, 7) is 3.33. The third-order valence-corrected chi connectivity index (χ3v) is 3.90. The van der Waals surface area contributed by atoms with E-state index in [4.69, 9.17) is 4.74 Å². The maximum Gasteiger partial charge on any atom is 0.163 e. The van der Waals surface area contributed by atoms with Gasteiger partial charge in [0.1, 0.15) is 11.8 Å². The van der Waals surface area contributed by atoms with E-state index in [0.717, 1.165) is 17.1 Å². The van der Waals surface area contributed by atoms with Crippen LogP contribution >= 0.6 is 11.5 Å². The Morgan fingerprint density at radius 3 is 2.80 bits per heavy atom. The second kappa shape index (κ2) is 6.29. The number of hydrogen-bond acceptors (Lipinski definition) is 7. The van der Waals surface area contributed by atoms with Crippen LogP contribution in [0.5, 0.6) is 5.75 Å². The van der Waals surface area contributed by atoms with E-state index in [1.807, 2.05) is 21.0 Å². The summed E-state index contributed by atoms with van der Waals surface area (Å²) in [5.74, 6) is 0.573. The predicted octanol–water partition coefficient (Wildman–Crippen LogP) is 0.695. The molecule has 0 aliphatic carbocycles. The molecule has 2 aromatic rings. The average Bonchev–Trinajstić information content (AvgIpc) is 3.01. The summed E-state index contributed by atoms with van der Waals surface area (Å²) in [6.07, 6.45) is 0.799. The Morgan fingerprint density at radius 2 is 2.25 bits per heavy atom. The summed E-state index contributed by atoms with van der Waals surface area (Å²) in [7, 11) is 5.56. The molecule has 0 fully saturated rings. The number of methoxy groups -OCH3 is 1. The minimum atomic E-state index is -0.824. The molecule has 20 heavy (non-hydrogen) atoms. The fraction of sp³-hybridized carbons (Fsp3) is 0.583. The van der Waals surface area contributed by atoms with Crippen LogP contribution in [0, 0.1) is 6.92 Å². The molecule has 1 N–H and O–H groups in total. The van der Waals surface area contributed by atoms with Gasteiger partial charge in [-0.15, -0.1) is 5.10 Å². The van der Waals surface area contributed by atoms with E-state index in [0.29, 0.717) is 18.0 Å². The number of aryl methyl sites for hydroxylation is 1. The highest BCUT2D eigenvalue weighted by Gasteiger charge is 2.25. The summed E-state index contributed by atoms with van der Waals surface area (Å²) in [5.41, 5.74) is 1.37. The maximum atomic E-state index is 10.6. The van der Waals surface area contributed by atoms with Crippen molar-refractivity contribution in [3.8, 4) is 5.75 Å². The summed E-state index contributed by atoms with van der Waals surface area (Å²) in [6, 6.07) is 0. The van der Waals surface area contributed by atoms with Crippen molar-refractivity contribution in [2.24, 2.45) is 0 Å². The number of aliphatic hydroxyl groups is 1. The highest BCUT2D eigenvalue weighted by Crippen LogP contribution is 2.32. The summed E-state index contributed by atoms with van der Waals surface area (Å²) >= 11 is 1.19. The van der Waals surface area contributed by atoms with Crippen molar-refractivity contribution in [2.45, 2.75) is 19.6 Å². The van der Waals surface area contributed by atoms with Crippen molar-refractivity contribution in [1.82, 2.24) is 24.3 Å². The molecule has 0 amide bonds. The van der Waals surface area contributed by atoms with Gasteiger partial charge in [-0.05, 0) is 32.6 Å². The van der Waals surface area contributed by atoms with Crippen LogP contribution in [0.15, 0.2) is 6.20 Å². The van der Waals surface area contributed by atoms with Gasteiger partial charge in [0.25, 0.3) is 0 Å². The van der Waals surface area contributed by atoms with Crippen LogP contribution in [0.3, 0.4) is 0 Å². The Bertz CT molecular complexity index is 566. The monoisotopic (exact) mass is 297 g/mol. The van der Waals surface area contributed by atoms with Crippen molar-refractivity contribution in [1.29, 1.82) is 0 Å². The Morgan fingerprint density at radius 1 is 1.50 bits per heavy atom. The van der Waals surface area contributed by atoms with Crippen LogP contribution in [-0.2, 0) is 6.54 Å². The second-order valence-electron chi connectivity index (χ2n) is 4.75. The van der Waals surface area contributed by atoms with E-state index in [1.54, 1.807) is 18.0 Å². The lowest BCUT2D eigenvalue weighted by atomic mass is 10.2. The second-order valence-corrected chi connectivity index (χ2v) is 5.54. The molecular formula is C12H19N5O2S. The minimum Gasteiger partial charge on any atom is -0.493 e. The highest BCUT2D eigenvalue weighted by atomic mass is 32.1. The van der Waals surface area contributed by atoms with E-state index in [1.165, 1.54) is 11.5 Å². The van der Waals surface area contributed by atoms with Gasteiger partial charge in [-0.2, -0.15) is 5.10 Å². The lowest BCUT2D eigenvalue weighted by molar-refractivity contribution is 0.203. The Kier molecular flexibility index (Phi) is 4.69. The molecule has 0 saturated carbocycles. The molecule has 0 aliphatic heterocycles. The highest BCUT2D eigenvalue weighted by molar-refractivity contribution is 7.05. The normalized spacial score (nSPS) is 12.9. The fourth-order valence-corrected chi connectivity index (χ4v) is 2.53. The smallest absolute Gasteiger partial charge is 0.163 e. The summed E-state index contributed by atoms with van der Waals surface area (Å²) < 4.78 is 10.9. The topological polar surface area (TPSA) is 76.3 Å². The van der Waals surface area contributed by atoms with E-state index >= 15 is 0 Å². The van der Waals surface area contributed by atoms with Gasteiger partial charge in [0, 0.05) is 6.54 Å². The van der Waals surface area contributed by atoms with Crippen molar-refractivity contribution >= 4 is 11.5 Å². The van der Waals surface area contributed by atoms with Crippen molar-refractivity contribution in [2.75, 3.05) is 27.7 Å². The number of rotatable bonds is 6. The molecule has 2 aromatic heterocycles. The number of hydrogen-bond donors (Lipinski definition) is 1. The molecule has 0 saturated heterocycles. The Labute approximate surface area is 122 Å². The number of aromatic nitrogens is 4. The largest absolute Gasteiger partial charge is 0.493 e. The van der Waals surface area contributed by atoms with Gasteiger partial charge in [0.05, 0.1) is 30.4 Å². The van der Waals surface area contributed by atoms with Crippen molar-refractivity contribution in [3.63, 3.8) is 0 Å². The third-order valence-electron chi connectivity index (χ3n) is 3.02. The molecule has 0 aliphatic rings. The molecule has 110 valence electrons. The van der Waals surface area contributed by atoms with Gasteiger partial charge in [0.15, 0.2) is 5.75 Å². The van der Waals surface area contributed by atoms with Crippen LogP contribution in [0.4, 0.5) is 0 Å². The number of ether oxygens (including phenoxy) is 1. The molecule has 2 heterocycles. The van der Waals surface area contributed by atoms with Gasteiger partial charge < -0.3 is 14.7 Å². The van der Waals surface area contributed by atoms with Crippen LogP contribution in [0.2, 0.25) is 0 Å². The molecule has 0 spiro atoms. The summed E-state index contributed by atoms with van der Waals surface area (Å²) in [4.78, 5) is 2.78. The standard InChI is InChI=1S/C12H19N5O2S/c1-8-12(20-15-14-8)11(18)10-9(19-4)7-13-17(10)6-5-16(2)3/h7,11,18H,5-6H2,1-4H3. The lowest BCUT2D eigenvalue weighted by Crippen LogP contribution is -2.21. The first kappa shape index (κ1) is 14.9. The third kappa shape index (κ3) is 2.97. The molecule has 1 unspecified atom stereocenters. The predicted molar refractivity (Wildman–Crippen MR) is 76.0 cm³/mol. The van der Waals surface area contributed by atoms with Crippen molar-refractivity contribution in [3.05, 3.63) is 22.5 Å². The van der Waals surface area contributed by atoms with Gasteiger partial charge in [0.2, 0.25) is 0 Å². The lowest BCUT2D eigenvalue weighted by Gasteiger charge is -2.15. The van der Waals surface area contributed by atoms with Crippen LogP contribution in [0.25, 0.3) is 0 Å². The molecule has 0 bridgehead atoms. The zero-order valence-electron chi connectivity index (χ0n) is 12.1. The zero-order valence-corrected chi connectivity index (χ0v) is 12.9. The van der Waals surface area contributed by atoms with E-state index in [-0.39, 0.29) is 0 Å². The molecule has 8 heteroatoms. The SMILES string of the molecule is COc1cnn(CCN(C)C)c1C(O)c1snnc1C. The number of aliphatic hydroxyl groups excluding tert-OH is 1. The quantitative estimate of drug-likeness (QED) is 0.845. The van der Waals surface area contributed by atoms with E-state index in [9.17, 15) is 5.11 Å². The van der Waals surface area contributed by atoms with Gasteiger partial charge >= 0.3 is 0 Å². The van der Waals surface area contributed by atoms with E-state index in [2.05, 4.69) is 19.6 Å². The molecule has 0 radical (unpaired) electrons. The molecule has 7 nitrogen and oxygen atoms in total. The van der Waals surface area contributed by atoms with E-state index < -0.39 is 6.10 Å². The molecule has 0 aromatic carbocycles. The average molecular weight is 297 g/mol. The Balaban J connectivity index is 2.33. The number of nitrogens with zero attached hydrogens (tertiary/aromatic N) is 5. The Hall–Kier alpha value is -1.51. The van der Waals surface area contributed by atoms with Crippen molar-refractivity contribution < 1.29 is 9.84 Å². The molecule has 2 rings (SSSR count). The fourth-order valence-electron chi connectivity index (χ4n) is 1.90. The molecular weight excluding hydrogens is 278 g/mol. The van der Waals surface area contributed by atoms with Gasteiger partial charge in [-0.25, -0.2) is 0 Å².